The minimum atomic E-state index is -0.485. The predicted molar refractivity (Wildman–Crippen MR) is 57.2 cm³/mol. The van der Waals surface area contributed by atoms with E-state index in [1.54, 1.807) is 0 Å². The van der Waals surface area contributed by atoms with Crippen LogP contribution in [0.3, 0.4) is 0 Å². The van der Waals surface area contributed by atoms with Crippen LogP contribution < -0.4 is 0 Å². The van der Waals surface area contributed by atoms with Gasteiger partial charge in [-0.2, -0.15) is 0 Å². The molecule has 0 aromatic rings. The van der Waals surface area contributed by atoms with Gasteiger partial charge in [-0.25, -0.2) is 0 Å². The predicted octanol–water partition coefficient (Wildman–Crippen LogP) is 2.87. The molecule has 2 aliphatic rings. The van der Waals surface area contributed by atoms with Gasteiger partial charge < -0.3 is 0 Å². The molecular weight excluding hydrogens is 180 g/mol. The number of rotatable bonds is 3. The lowest BCUT2D eigenvalue weighted by atomic mass is 10.1. The standard InChI is InChI=1S/C11H20OS/c12-13(11-7-3-4-8-11)9-10-5-1-2-6-10/h10-11H,1-9H2. The van der Waals surface area contributed by atoms with E-state index < -0.39 is 10.8 Å². The van der Waals surface area contributed by atoms with Crippen LogP contribution in [0.4, 0.5) is 0 Å². The Balaban J connectivity index is 1.76. The van der Waals surface area contributed by atoms with E-state index in [4.69, 9.17) is 0 Å². The summed E-state index contributed by atoms with van der Waals surface area (Å²) in [6.07, 6.45) is 10.6. The van der Waals surface area contributed by atoms with E-state index in [1.165, 1.54) is 51.4 Å². The molecule has 0 saturated heterocycles. The maximum Gasteiger partial charge on any atom is 0.0348 e. The molecule has 0 heterocycles. The molecule has 2 saturated carbocycles. The van der Waals surface area contributed by atoms with Crippen LogP contribution in [0.15, 0.2) is 0 Å². The second kappa shape index (κ2) is 4.59. The van der Waals surface area contributed by atoms with Crippen molar-refractivity contribution in [2.75, 3.05) is 5.75 Å². The molecule has 1 unspecified atom stereocenters. The van der Waals surface area contributed by atoms with Gasteiger partial charge in [0.05, 0.1) is 0 Å². The molecule has 2 fully saturated rings. The van der Waals surface area contributed by atoms with Crippen LogP contribution >= 0.6 is 0 Å². The van der Waals surface area contributed by atoms with E-state index in [9.17, 15) is 4.21 Å². The topological polar surface area (TPSA) is 17.1 Å². The molecule has 0 spiro atoms. The molecule has 13 heavy (non-hydrogen) atoms. The average molecular weight is 200 g/mol. The summed E-state index contributed by atoms with van der Waals surface area (Å²) in [5.41, 5.74) is 0. The zero-order valence-corrected chi connectivity index (χ0v) is 9.15. The van der Waals surface area contributed by atoms with Gasteiger partial charge in [0.2, 0.25) is 0 Å². The Morgan fingerprint density at radius 2 is 1.46 bits per heavy atom. The molecule has 1 atom stereocenters. The van der Waals surface area contributed by atoms with Gasteiger partial charge in [-0.1, -0.05) is 25.7 Å². The van der Waals surface area contributed by atoms with Gasteiger partial charge in [-0.15, -0.1) is 0 Å². The van der Waals surface area contributed by atoms with Crippen molar-refractivity contribution < 1.29 is 4.21 Å². The lowest BCUT2D eigenvalue weighted by Gasteiger charge is -2.12. The van der Waals surface area contributed by atoms with Crippen molar-refractivity contribution in [2.24, 2.45) is 5.92 Å². The van der Waals surface area contributed by atoms with Gasteiger partial charge in [0.15, 0.2) is 0 Å². The Hall–Kier alpha value is 0.150. The van der Waals surface area contributed by atoms with E-state index in [2.05, 4.69) is 0 Å². The van der Waals surface area contributed by atoms with Crippen LogP contribution in [-0.2, 0) is 10.8 Å². The molecule has 0 aromatic carbocycles. The van der Waals surface area contributed by atoms with Crippen LogP contribution in [0.1, 0.15) is 51.4 Å². The first-order chi connectivity index (χ1) is 6.36. The first-order valence-electron chi connectivity index (χ1n) is 5.73. The summed E-state index contributed by atoms with van der Waals surface area (Å²) in [5, 5.41) is 0.570. The molecule has 76 valence electrons. The molecule has 0 N–H and O–H groups in total. The minimum absolute atomic E-state index is 0.485. The van der Waals surface area contributed by atoms with Crippen molar-refractivity contribution in [3.8, 4) is 0 Å². The summed E-state index contributed by atoms with van der Waals surface area (Å²) in [7, 11) is -0.485. The third-order valence-electron chi connectivity index (χ3n) is 3.55. The molecule has 1 nitrogen and oxygen atoms in total. The fraction of sp³-hybridized carbons (Fsp3) is 1.00. The van der Waals surface area contributed by atoms with Crippen LogP contribution in [0.2, 0.25) is 0 Å². The van der Waals surface area contributed by atoms with Gasteiger partial charge in [0, 0.05) is 21.8 Å². The lowest BCUT2D eigenvalue weighted by molar-refractivity contribution is 0.598. The van der Waals surface area contributed by atoms with Crippen molar-refractivity contribution in [1.29, 1.82) is 0 Å². The number of hydrogen-bond donors (Lipinski definition) is 0. The molecular formula is C11H20OS. The Morgan fingerprint density at radius 1 is 0.923 bits per heavy atom. The third-order valence-corrected chi connectivity index (χ3v) is 5.56. The molecule has 0 aromatic heterocycles. The quantitative estimate of drug-likeness (QED) is 0.684. The molecule has 0 amide bonds. The van der Waals surface area contributed by atoms with Crippen molar-refractivity contribution in [1.82, 2.24) is 0 Å². The zero-order valence-electron chi connectivity index (χ0n) is 8.34. The zero-order chi connectivity index (χ0) is 9.10. The smallest absolute Gasteiger partial charge is 0.0348 e. The highest BCUT2D eigenvalue weighted by Gasteiger charge is 2.25. The molecule has 0 radical (unpaired) electrons. The van der Waals surface area contributed by atoms with E-state index in [0.29, 0.717) is 5.25 Å². The second-order valence-electron chi connectivity index (χ2n) is 4.60. The highest BCUT2D eigenvalue weighted by Crippen LogP contribution is 2.29. The Kier molecular flexibility index (Phi) is 3.42. The number of hydrogen-bond acceptors (Lipinski definition) is 1. The normalized spacial score (nSPS) is 28.3. The van der Waals surface area contributed by atoms with Crippen molar-refractivity contribution in [3.05, 3.63) is 0 Å². The van der Waals surface area contributed by atoms with E-state index in [1.807, 2.05) is 0 Å². The molecule has 2 rings (SSSR count). The highest BCUT2D eigenvalue weighted by molar-refractivity contribution is 7.85. The van der Waals surface area contributed by atoms with Crippen LogP contribution in [0.25, 0.3) is 0 Å². The highest BCUT2D eigenvalue weighted by atomic mass is 32.2. The third kappa shape index (κ3) is 2.55. The monoisotopic (exact) mass is 200 g/mol. The molecule has 2 aliphatic carbocycles. The first-order valence-corrected chi connectivity index (χ1v) is 7.11. The molecule has 2 heteroatoms. The Morgan fingerprint density at radius 3 is 2.08 bits per heavy atom. The largest absolute Gasteiger partial charge is 0.259 e. The summed E-state index contributed by atoms with van der Waals surface area (Å²) >= 11 is 0. The second-order valence-corrected chi connectivity index (χ2v) is 6.37. The SMILES string of the molecule is O=S(CC1CCCC1)C1CCCC1. The minimum Gasteiger partial charge on any atom is -0.259 e. The van der Waals surface area contributed by atoms with E-state index in [0.717, 1.165) is 11.7 Å². The summed E-state index contributed by atoms with van der Waals surface area (Å²) < 4.78 is 11.9. The average Bonchev–Trinajstić information content (AvgIpc) is 2.74. The fourth-order valence-corrected chi connectivity index (χ4v) is 4.63. The Bertz CT molecular complexity index is 179. The maximum atomic E-state index is 11.9. The van der Waals surface area contributed by atoms with Crippen LogP contribution in [0, 0.1) is 5.92 Å². The van der Waals surface area contributed by atoms with Crippen molar-refractivity contribution >= 4 is 10.8 Å². The van der Waals surface area contributed by atoms with Crippen molar-refractivity contribution in [2.45, 2.75) is 56.6 Å². The van der Waals surface area contributed by atoms with E-state index >= 15 is 0 Å². The Labute approximate surface area is 83.8 Å². The van der Waals surface area contributed by atoms with Crippen LogP contribution in [0.5, 0.6) is 0 Å². The van der Waals surface area contributed by atoms with E-state index in [-0.39, 0.29) is 0 Å². The van der Waals surface area contributed by atoms with Gasteiger partial charge in [0.25, 0.3) is 0 Å². The van der Waals surface area contributed by atoms with Gasteiger partial charge in [-0.05, 0) is 31.6 Å². The van der Waals surface area contributed by atoms with Gasteiger partial charge in [-0.3, -0.25) is 4.21 Å². The molecule has 0 bridgehead atoms. The van der Waals surface area contributed by atoms with Gasteiger partial charge in [0.1, 0.15) is 0 Å². The summed E-state index contributed by atoms with van der Waals surface area (Å²) in [6.45, 7) is 0. The fourth-order valence-electron chi connectivity index (χ4n) is 2.70. The summed E-state index contributed by atoms with van der Waals surface area (Å²) in [5.74, 6) is 1.83. The van der Waals surface area contributed by atoms with Crippen molar-refractivity contribution in [3.63, 3.8) is 0 Å². The first kappa shape index (κ1) is 9.70. The summed E-state index contributed by atoms with van der Waals surface area (Å²) in [6, 6.07) is 0. The summed E-state index contributed by atoms with van der Waals surface area (Å²) in [4.78, 5) is 0. The van der Waals surface area contributed by atoms with Gasteiger partial charge >= 0.3 is 0 Å². The lowest BCUT2D eigenvalue weighted by Crippen LogP contribution is -2.18. The maximum absolute atomic E-state index is 11.9. The van der Waals surface area contributed by atoms with Crippen LogP contribution in [-0.4, -0.2) is 15.2 Å². The molecule has 0 aliphatic heterocycles.